The molecule has 0 atom stereocenters. The molecule has 0 aliphatic carbocycles. The molecule has 0 spiro atoms. The zero-order chi connectivity index (χ0) is 18.5. The van der Waals surface area contributed by atoms with Crippen LogP contribution in [-0.2, 0) is 36.0 Å². The van der Waals surface area contributed by atoms with Gasteiger partial charge in [0, 0.05) is 32.3 Å². The van der Waals surface area contributed by atoms with E-state index in [1.165, 1.54) is 0 Å². The van der Waals surface area contributed by atoms with Gasteiger partial charge in [0.1, 0.15) is 12.3 Å². The minimum Gasteiger partial charge on any atom is -0.461 e. The van der Waals surface area contributed by atoms with E-state index in [0.29, 0.717) is 38.2 Å². The number of hydrogen-bond donors (Lipinski definition) is 0. The Morgan fingerprint density at radius 3 is 2.54 bits per heavy atom. The molecule has 1 aliphatic heterocycles. The minimum absolute atomic E-state index is 0.274. The van der Waals surface area contributed by atoms with Crippen molar-refractivity contribution in [3.63, 3.8) is 0 Å². The fraction of sp³-hybridized carbons (Fsp3) is 0.400. The molecule has 1 aliphatic rings. The van der Waals surface area contributed by atoms with Gasteiger partial charge in [0.15, 0.2) is 0 Å². The molecule has 1 aromatic carbocycles. The maximum Gasteiger partial charge on any atom is 0.410 e. The van der Waals surface area contributed by atoms with Gasteiger partial charge in [-0.2, -0.15) is 0 Å². The van der Waals surface area contributed by atoms with Gasteiger partial charge in [0.2, 0.25) is 0 Å². The fourth-order valence-electron chi connectivity index (χ4n) is 3.25. The highest BCUT2D eigenvalue weighted by Crippen LogP contribution is 2.21. The van der Waals surface area contributed by atoms with Gasteiger partial charge in [0.25, 0.3) is 0 Å². The lowest BCUT2D eigenvalue weighted by Crippen LogP contribution is -2.34. The summed E-state index contributed by atoms with van der Waals surface area (Å²) >= 11 is 0. The quantitative estimate of drug-likeness (QED) is 0.791. The Bertz CT molecular complexity index is 783. The molecule has 0 radical (unpaired) electrons. The summed E-state index contributed by atoms with van der Waals surface area (Å²) in [4.78, 5) is 26.1. The lowest BCUT2D eigenvalue weighted by Gasteiger charge is -2.20. The van der Waals surface area contributed by atoms with Gasteiger partial charge in [-0.3, -0.25) is 0 Å². The van der Waals surface area contributed by atoms with Gasteiger partial charge in [-0.25, -0.2) is 9.59 Å². The largest absolute Gasteiger partial charge is 0.461 e. The molecule has 3 rings (SSSR count). The standard InChI is InChI=1S/C20H24N2O4/c1-3-25-19(23)18-13-16-9-11-22(12-10-17(16)21(18)2)20(24)26-14-15-7-5-4-6-8-15/h4-8,13H,3,9-12,14H2,1-2H3. The lowest BCUT2D eigenvalue weighted by atomic mass is 10.1. The number of amides is 1. The number of nitrogens with zero attached hydrogens (tertiary/aromatic N) is 2. The van der Waals surface area contributed by atoms with Crippen LogP contribution in [0.15, 0.2) is 36.4 Å². The Balaban J connectivity index is 1.61. The van der Waals surface area contributed by atoms with Crippen molar-refractivity contribution in [1.29, 1.82) is 0 Å². The van der Waals surface area contributed by atoms with Crippen molar-refractivity contribution in [1.82, 2.24) is 9.47 Å². The summed E-state index contributed by atoms with van der Waals surface area (Å²) in [6.07, 6.45) is 1.08. The number of rotatable bonds is 4. The molecule has 0 unspecified atom stereocenters. The van der Waals surface area contributed by atoms with Crippen molar-refractivity contribution < 1.29 is 19.1 Å². The summed E-state index contributed by atoms with van der Waals surface area (Å²) in [5.74, 6) is -0.304. The zero-order valence-electron chi connectivity index (χ0n) is 15.2. The van der Waals surface area contributed by atoms with Crippen LogP contribution in [-0.4, -0.2) is 41.2 Å². The van der Waals surface area contributed by atoms with E-state index in [-0.39, 0.29) is 18.7 Å². The molecule has 26 heavy (non-hydrogen) atoms. The van der Waals surface area contributed by atoms with E-state index in [9.17, 15) is 9.59 Å². The Labute approximate surface area is 153 Å². The van der Waals surface area contributed by atoms with Crippen LogP contribution >= 0.6 is 0 Å². The number of benzene rings is 1. The van der Waals surface area contributed by atoms with E-state index in [2.05, 4.69) is 0 Å². The van der Waals surface area contributed by atoms with Crippen LogP contribution in [0.25, 0.3) is 0 Å². The maximum absolute atomic E-state index is 12.4. The molecular weight excluding hydrogens is 332 g/mol. The molecule has 0 bridgehead atoms. The molecular formula is C20H24N2O4. The van der Waals surface area contributed by atoms with Crippen LogP contribution in [0, 0.1) is 0 Å². The fourth-order valence-corrected chi connectivity index (χ4v) is 3.25. The summed E-state index contributed by atoms with van der Waals surface area (Å²) in [5, 5.41) is 0. The number of aromatic nitrogens is 1. The summed E-state index contributed by atoms with van der Waals surface area (Å²) in [5.41, 5.74) is 3.70. The second-order valence-corrected chi connectivity index (χ2v) is 6.31. The number of ether oxygens (including phenoxy) is 2. The van der Waals surface area contributed by atoms with Gasteiger partial charge >= 0.3 is 12.1 Å². The molecule has 0 saturated carbocycles. The van der Waals surface area contributed by atoms with Crippen molar-refractivity contribution >= 4 is 12.1 Å². The van der Waals surface area contributed by atoms with Crippen molar-refractivity contribution in [2.24, 2.45) is 7.05 Å². The SMILES string of the molecule is CCOC(=O)c1cc2c(n1C)CCN(C(=O)OCc1ccccc1)CC2. The minimum atomic E-state index is -0.304. The van der Waals surface area contributed by atoms with Gasteiger partial charge in [-0.05, 0) is 30.5 Å². The van der Waals surface area contributed by atoms with Crippen molar-refractivity contribution in [3.8, 4) is 0 Å². The number of fused-ring (bicyclic) bond motifs is 1. The Hall–Kier alpha value is -2.76. The van der Waals surface area contributed by atoms with E-state index in [0.717, 1.165) is 16.8 Å². The predicted molar refractivity (Wildman–Crippen MR) is 97.0 cm³/mol. The highest BCUT2D eigenvalue weighted by Gasteiger charge is 2.24. The van der Waals surface area contributed by atoms with Crippen LogP contribution in [0.3, 0.4) is 0 Å². The molecule has 6 heteroatoms. The predicted octanol–water partition coefficient (Wildman–Crippen LogP) is 2.94. The first-order chi connectivity index (χ1) is 12.6. The zero-order valence-corrected chi connectivity index (χ0v) is 15.2. The monoisotopic (exact) mass is 356 g/mol. The van der Waals surface area contributed by atoms with E-state index in [4.69, 9.17) is 9.47 Å². The Morgan fingerprint density at radius 2 is 1.81 bits per heavy atom. The van der Waals surface area contributed by atoms with Crippen molar-refractivity contribution in [2.45, 2.75) is 26.4 Å². The van der Waals surface area contributed by atoms with Crippen LogP contribution in [0.5, 0.6) is 0 Å². The van der Waals surface area contributed by atoms with Crippen LogP contribution < -0.4 is 0 Å². The van der Waals surface area contributed by atoms with Crippen LogP contribution in [0.1, 0.15) is 34.2 Å². The molecule has 1 amide bonds. The third-order valence-corrected chi connectivity index (χ3v) is 4.67. The highest BCUT2D eigenvalue weighted by molar-refractivity contribution is 5.88. The van der Waals surface area contributed by atoms with E-state index >= 15 is 0 Å². The molecule has 2 heterocycles. The second-order valence-electron chi connectivity index (χ2n) is 6.31. The molecule has 0 fully saturated rings. The average molecular weight is 356 g/mol. The highest BCUT2D eigenvalue weighted by atomic mass is 16.6. The first kappa shape index (κ1) is 18.0. The first-order valence-corrected chi connectivity index (χ1v) is 8.90. The summed E-state index contributed by atoms with van der Waals surface area (Å²) in [6, 6.07) is 11.5. The third kappa shape index (κ3) is 3.90. The maximum atomic E-state index is 12.4. The third-order valence-electron chi connectivity index (χ3n) is 4.67. The summed E-state index contributed by atoms with van der Waals surface area (Å²) < 4.78 is 12.4. The molecule has 0 N–H and O–H groups in total. The van der Waals surface area contributed by atoms with Crippen molar-refractivity contribution in [3.05, 3.63) is 58.9 Å². The van der Waals surface area contributed by atoms with Gasteiger partial charge in [0.05, 0.1) is 6.61 Å². The van der Waals surface area contributed by atoms with Crippen LogP contribution in [0.2, 0.25) is 0 Å². The number of hydrogen-bond acceptors (Lipinski definition) is 4. The van der Waals surface area contributed by atoms with Gasteiger partial charge in [-0.1, -0.05) is 30.3 Å². The number of esters is 1. The van der Waals surface area contributed by atoms with E-state index in [1.807, 2.05) is 48.0 Å². The lowest BCUT2D eigenvalue weighted by molar-refractivity contribution is 0.0514. The van der Waals surface area contributed by atoms with Crippen LogP contribution in [0.4, 0.5) is 4.79 Å². The topological polar surface area (TPSA) is 60.8 Å². The molecule has 0 saturated heterocycles. The molecule has 138 valence electrons. The van der Waals surface area contributed by atoms with Gasteiger partial charge < -0.3 is 18.9 Å². The molecule has 2 aromatic rings. The normalized spacial score (nSPS) is 13.7. The van der Waals surface area contributed by atoms with E-state index < -0.39 is 0 Å². The summed E-state index contributed by atoms with van der Waals surface area (Å²) in [6.45, 7) is 3.57. The summed E-state index contributed by atoms with van der Waals surface area (Å²) in [7, 11) is 1.87. The Morgan fingerprint density at radius 1 is 1.08 bits per heavy atom. The van der Waals surface area contributed by atoms with E-state index in [1.54, 1.807) is 11.8 Å². The Kier molecular flexibility index (Phi) is 5.61. The molecule has 1 aromatic heterocycles. The smallest absolute Gasteiger partial charge is 0.410 e. The average Bonchev–Trinajstić information content (AvgIpc) is 2.83. The first-order valence-electron chi connectivity index (χ1n) is 8.90. The number of carbonyl (C=O) groups excluding carboxylic acids is 2. The van der Waals surface area contributed by atoms with Crippen molar-refractivity contribution in [2.75, 3.05) is 19.7 Å². The molecule has 6 nitrogen and oxygen atoms in total. The number of carbonyl (C=O) groups is 2. The van der Waals surface area contributed by atoms with Gasteiger partial charge in [-0.15, -0.1) is 0 Å². The second kappa shape index (κ2) is 8.08.